The molecule has 0 saturated heterocycles. The highest BCUT2D eigenvalue weighted by Crippen LogP contribution is 2.17. The van der Waals surface area contributed by atoms with Gasteiger partial charge in [0.2, 0.25) is 5.91 Å². The fourth-order valence-corrected chi connectivity index (χ4v) is 2.61. The van der Waals surface area contributed by atoms with Crippen LogP contribution in [-0.2, 0) is 11.2 Å². The summed E-state index contributed by atoms with van der Waals surface area (Å²) in [6, 6.07) is 12.7. The summed E-state index contributed by atoms with van der Waals surface area (Å²) in [6.45, 7) is 0. The molecule has 1 heterocycles. The Labute approximate surface area is 137 Å². The molecule has 0 aliphatic carbocycles. The summed E-state index contributed by atoms with van der Waals surface area (Å²) in [5.74, 6) is -0.589. The minimum atomic E-state index is -0.509. The molecular weight excluding hydrogens is 316 g/mol. The predicted octanol–water partition coefficient (Wildman–Crippen LogP) is 3.74. The summed E-state index contributed by atoms with van der Waals surface area (Å²) in [6.07, 6.45) is 1.93. The lowest BCUT2D eigenvalue weighted by Crippen LogP contribution is -2.11. The van der Waals surface area contributed by atoms with Crippen LogP contribution in [0.5, 0.6) is 0 Å². The van der Waals surface area contributed by atoms with Crippen LogP contribution in [0.4, 0.5) is 5.69 Å². The third-order valence-electron chi connectivity index (χ3n) is 3.46. The molecule has 0 aliphatic heterocycles. The highest BCUT2D eigenvalue weighted by atomic mass is 35.5. The Morgan fingerprint density at radius 2 is 2.09 bits per heavy atom. The van der Waals surface area contributed by atoms with Crippen molar-refractivity contribution in [2.45, 2.75) is 19.3 Å². The molecule has 0 fully saturated rings. The van der Waals surface area contributed by atoms with E-state index in [-0.39, 0.29) is 5.91 Å². The lowest BCUT2D eigenvalue weighted by atomic mass is 10.1. The SMILES string of the molecule is O=C(CCCc1cccc(Cl)c1)Nc1ccc2[nH]c(=O)oc2c1. The van der Waals surface area contributed by atoms with Crippen molar-refractivity contribution in [2.24, 2.45) is 0 Å². The van der Waals surface area contributed by atoms with Crippen molar-refractivity contribution in [3.63, 3.8) is 0 Å². The van der Waals surface area contributed by atoms with E-state index in [1.54, 1.807) is 18.2 Å². The van der Waals surface area contributed by atoms with Gasteiger partial charge in [0, 0.05) is 23.2 Å². The van der Waals surface area contributed by atoms with Gasteiger partial charge in [-0.25, -0.2) is 4.79 Å². The minimum absolute atomic E-state index is 0.0794. The van der Waals surface area contributed by atoms with Crippen LogP contribution in [0.25, 0.3) is 11.1 Å². The molecule has 0 spiro atoms. The number of aryl methyl sites for hydroxylation is 1. The molecule has 5 nitrogen and oxygen atoms in total. The summed E-state index contributed by atoms with van der Waals surface area (Å²) in [5, 5.41) is 3.50. The van der Waals surface area contributed by atoms with E-state index >= 15 is 0 Å². The second kappa shape index (κ2) is 6.71. The Hall–Kier alpha value is -2.53. The van der Waals surface area contributed by atoms with E-state index in [0.717, 1.165) is 18.4 Å². The monoisotopic (exact) mass is 330 g/mol. The van der Waals surface area contributed by atoms with Crippen LogP contribution in [0.3, 0.4) is 0 Å². The van der Waals surface area contributed by atoms with E-state index in [0.29, 0.717) is 28.2 Å². The number of anilines is 1. The number of fused-ring (bicyclic) bond motifs is 1. The Balaban J connectivity index is 1.54. The van der Waals surface area contributed by atoms with Crippen molar-refractivity contribution < 1.29 is 9.21 Å². The highest BCUT2D eigenvalue weighted by Gasteiger charge is 2.06. The first-order valence-corrected chi connectivity index (χ1v) is 7.65. The first kappa shape index (κ1) is 15.4. The smallest absolute Gasteiger partial charge is 0.408 e. The molecule has 23 heavy (non-hydrogen) atoms. The summed E-state index contributed by atoms with van der Waals surface area (Å²) < 4.78 is 4.97. The third-order valence-corrected chi connectivity index (χ3v) is 3.70. The van der Waals surface area contributed by atoms with E-state index in [9.17, 15) is 9.59 Å². The van der Waals surface area contributed by atoms with Crippen molar-refractivity contribution in [3.8, 4) is 0 Å². The molecule has 1 aromatic heterocycles. The number of nitrogens with one attached hydrogen (secondary N) is 2. The van der Waals surface area contributed by atoms with Crippen LogP contribution < -0.4 is 11.1 Å². The van der Waals surface area contributed by atoms with Gasteiger partial charge >= 0.3 is 5.76 Å². The van der Waals surface area contributed by atoms with E-state index in [1.807, 2.05) is 24.3 Å². The number of amides is 1. The number of halogens is 1. The molecule has 0 unspecified atom stereocenters. The van der Waals surface area contributed by atoms with Crippen LogP contribution in [0.15, 0.2) is 51.7 Å². The van der Waals surface area contributed by atoms with Gasteiger partial charge in [-0.05, 0) is 42.7 Å². The molecule has 3 rings (SSSR count). The molecule has 118 valence electrons. The topological polar surface area (TPSA) is 75.1 Å². The molecule has 3 aromatic rings. The minimum Gasteiger partial charge on any atom is -0.408 e. The fourth-order valence-electron chi connectivity index (χ4n) is 2.39. The molecule has 2 N–H and O–H groups in total. The number of hydrogen-bond donors (Lipinski definition) is 2. The van der Waals surface area contributed by atoms with Crippen LogP contribution in [-0.4, -0.2) is 10.9 Å². The van der Waals surface area contributed by atoms with E-state index < -0.39 is 5.76 Å². The number of rotatable bonds is 5. The summed E-state index contributed by atoms with van der Waals surface area (Å²) in [4.78, 5) is 25.6. The van der Waals surface area contributed by atoms with Crippen molar-refractivity contribution in [3.05, 3.63) is 63.6 Å². The van der Waals surface area contributed by atoms with Crippen molar-refractivity contribution in [2.75, 3.05) is 5.32 Å². The largest absolute Gasteiger partial charge is 0.417 e. The van der Waals surface area contributed by atoms with Crippen LogP contribution >= 0.6 is 11.6 Å². The zero-order valence-corrected chi connectivity index (χ0v) is 13.0. The van der Waals surface area contributed by atoms with Gasteiger partial charge in [0.25, 0.3) is 0 Å². The highest BCUT2D eigenvalue weighted by molar-refractivity contribution is 6.30. The zero-order chi connectivity index (χ0) is 16.2. The van der Waals surface area contributed by atoms with Crippen LogP contribution in [0.1, 0.15) is 18.4 Å². The molecule has 2 aromatic carbocycles. The third kappa shape index (κ3) is 4.02. The zero-order valence-electron chi connectivity index (χ0n) is 12.3. The molecule has 0 saturated carbocycles. The van der Waals surface area contributed by atoms with Gasteiger partial charge in [-0.15, -0.1) is 0 Å². The van der Waals surface area contributed by atoms with Crippen molar-refractivity contribution in [1.82, 2.24) is 4.98 Å². The molecule has 0 atom stereocenters. The molecule has 0 aliphatic rings. The number of oxazole rings is 1. The van der Waals surface area contributed by atoms with Gasteiger partial charge in [-0.2, -0.15) is 0 Å². The Morgan fingerprint density at radius 3 is 2.91 bits per heavy atom. The Bertz CT molecular complexity index is 898. The number of hydrogen-bond acceptors (Lipinski definition) is 3. The Kier molecular flexibility index (Phi) is 4.48. The normalized spacial score (nSPS) is 10.8. The standard InChI is InChI=1S/C17H15ClN2O3/c18-12-5-1-3-11(9-12)4-2-6-16(21)19-13-7-8-14-15(10-13)23-17(22)20-14/h1,3,5,7-10H,2,4,6H2,(H,19,21)(H,20,22). The van der Waals surface area contributed by atoms with Crippen molar-refractivity contribution >= 4 is 34.3 Å². The van der Waals surface area contributed by atoms with Gasteiger partial charge in [-0.3, -0.25) is 9.78 Å². The number of aromatic nitrogens is 1. The second-order valence-electron chi connectivity index (χ2n) is 5.26. The molecule has 0 bridgehead atoms. The van der Waals surface area contributed by atoms with Gasteiger partial charge in [-0.1, -0.05) is 23.7 Å². The summed E-state index contributed by atoms with van der Waals surface area (Å²) in [5.41, 5.74) is 2.74. The lowest BCUT2D eigenvalue weighted by Gasteiger charge is -2.05. The maximum atomic E-state index is 12.0. The average molecular weight is 331 g/mol. The second-order valence-corrected chi connectivity index (χ2v) is 5.69. The molecule has 1 amide bonds. The number of carbonyl (C=O) groups is 1. The molecular formula is C17H15ClN2O3. The fraction of sp³-hybridized carbons (Fsp3) is 0.176. The van der Waals surface area contributed by atoms with Crippen LogP contribution in [0.2, 0.25) is 5.02 Å². The summed E-state index contributed by atoms with van der Waals surface area (Å²) in [7, 11) is 0. The van der Waals surface area contributed by atoms with Gasteiger partial charge in [0.05, 0.1) is 5.52 Å². The van der Waals surface area contributed by atoms with E-state index in [1.165, 1.54) is 0 Å². The first-order chi connectivity index (χ1) is 11.1. The van der Waals surface area contributed by atoms with Crippen LogP contribution in [0, 0.1) is 0 Å². The predicted molar refractivity (Wildman–Crippen MR) is 89.9 cm³/mol. The Morgan fingerprint density at radius 1 is 1.22 bits per heavy atom. The molecule has 6 heteroatoms. The number of benzene rings is 2. The quantitative estimate of drug-likeness (QED) is 0.748. The van der Waals surface area contributed by atoms with Gasteiger partial charge in [0.15, 0.2) is 5.58 Å². The number of H-pyrrole nitrogens is 1. The van der Waals surface area contributed by atoms with Gasteiger partial charge in [0.1, 0.15) is 0 Å². The molecule has 0 radical (unpaired) electrons. The van der Waals surface area contributed by atoms with Crippen molar-refractivity contribution in [1.29, 1.82) is 0 Å². The maximum absolute atomic E-state index is 12.0. The number of aromatic amines is 1. The first-order valence-electron chi connectivity index (χ1n) is 7.27. The van der Waals surface area contributed by atoms with Gasteiger partial charge < -0.3 is 9.73 Å². The average Bonchev–Trinajstić information content (AvgIpc) is 2.86. The maximum Gasteiger partial charge on any atom is 0.417 e. The van der Waals surface area contributed by atoms with E-state index in [4.69, 9.17) is 16.0 Å². The summed E-state index contributed by atoms with van der Waals surface area (Å²) >= 11 is 5.93. The lowest BCUT2D eigenvalue weighted by molar-refractivity contribution is -0.116. The number of carbonyl (C=O) groups excluding carboxylic acids is 1. The van der Waals surface area contributed by atoms with E-state index in [2.05, 4.69) is 10.3 Å².